The van der Waals surface area contributed by atoms with Gasteiger partial charge in [-0.1, -0.05) is 29.8 Å². The zero-order valence-corrected chi connectivity index (χ0v) is 11.4. The fraction of sp³-hybridized carbons (Fsp3) is 0.133. The van der Waals surface area contributed by atoms with E-state index in [1.165, 1.54) is 0 Å². The van der Waals surface area contributed by atoms with Crippen LogP contribution in [0.5, 0.6) is 5.75 Å². The van der Waals surface area contributed by atoms with Gasteiger partial charge in [-0.15, -0.1) is 0 Å². The molecule has 2 heterocycles. The van der Waals surface area contributed by atoms with Gasteiger partial charge in [0.1, 0.15) is 18.0 Å². The normalized spacial score (nSPS) is 10.9. The minimum absolute atomic E-state index is 0.110. The van der Waals surface area contributed by atoms with E-state index in [0.29, 0.717) is 22.9 Å². The van der Waals surface area contributed by atoms with Gasteiger partial charge in [0.2, 0.25) is 0 Å². The monoisotopic (exact) mass is 288 g/mol. The van der Waals surface area contributed by atoms with Gasteiger partial charge in [0.05, 0.1) is 17.3 Å². The number of aromatic nitrogens is 2. The molecule has 1 aromatic carbocycles. The summed E-state index contributed by atoms with van der Waals surface area (Å²) < 4.78 is 7.64. The highest BCUT2D eigenvalue weighted by Crippen LogP contribution is 2.29. The third-order valence-electron chi connectivity index (χ3n) is 3.00. The molecule has 102 valence electrons. The number of nitrogens with zero attached hydrogens (tertiary/aromatic N) is 2. The Hall–Kier alpha value is -2.04. The van der Waals surface area contributed by atoms with E-state index >= 15 is 0 Å². The maximum Gasteiger partial charge on any atom is 0.143 e. The lowest BCUT2D eigenvalue weighted by atomic mass is 10.2. The molecule has 0 saturated heterocycles. The van der Waals surface area contributed by atoms with E-state index < -0.39 is 0 Å². The molecule has 0 bridgehead atoms. The van der Waals surface area contributed by atoms with Crippen molar-refractivity contribution in [1.82, 2.24) is 9.38 Å². The molecular weight excluding hydrogens is 276 g/mol. The number of hydrogen-bond acceptors (Lipinski definition) is 3. The Morgan fingerprint density at radius 1 is 1.20 bits per heavy atom. The Bertz CT molecular complexity index is 707. The van der Waals surface area contributed by atoms with Gasteiger partial charge in [-0.05, 0) is 18.2 Å². The number of benzene rings is 1. The van der Waals surface area contributed by atoms with Gasteiger partial charge in [-0.2, -0.15) is 0 Å². The molecule has 0 atom stereocenters. The van der Waals surface area contributed by atoms with Crippen molar-refractivity contribution in [3.63, 3.8) is 0 Å². The number of ether oxygens (including phenoxy) is 1. The minimum atomic E-state index is -0.110. The van der Waals surface area contributed by atoms with E-state index in [1.807, 2.05) is 35.0 Å². The van der Waals surface area contributed by atoms with Gasteiger partial charge in [0.25, 0.3) is 0 Å². The topological polar surface area (TPSA) is 46.8 Å². The Labute approximate surface area is 121 Å². The van der Waals surface area contributed by atoms with E-state index in [1.54, 1.807) is 18.2 Å². The van der Waals surface area contributed by atoms with Crippen molar-refractivity contribution in [2.24, 2.45) is 0 Å². The molecule has 4 nitrogen and oxygen atoms in total. The first-order valence-electron chi connectivity index (χ1n) is 6.21. The Kier molecular flexibility index (Phi) is 3.58. The quantitative estimate of drug-likeness (QED) is 0.802. The average Bonchev–Trinajstić information content (AvgIpc) is 2.88. The van der Waals surface area contributed by atoms with Crippen LogP contribution in [0.3, 0.4) is 0 Å². The molecule has 0 unspecified atom stereocenters. The van der Waals surface area contributed by atoms with Crippen LogP contribution in [0.4, 0.5) is 0 Å². The summed E-state index contributed by atoms with van der Waals surface area (Å²) in [4.78, 5) is 4.45. The van der Waals surface area contributed by atoms with Gasteiger partial charge in [0, 0.05) is 18.0 Å². The number of para-hydroxylation sites is 1. The van der Waals surface area contributed by atoms with Crippen LogP contribution in [0, 0.1) is 0 Å². The third kappa shape index (κ3) is 2.48. The molecule has 0 aliphatic heterocycles. The van der Waals surface area contributed by atoms with Crippen molar-refractivity contribution in [3.8, 4) is 5.75 Å². The maximum atomic E-state index is 9.30. The molecule has 0 radical (unpaired) electrons. The molecule has 0 aliphatic rings. The highest BCUT2D eigenvalue weighted by Gasteiger charge is 2.09. The smallest absolute Gasteiger partial charge is 0.143 e. The van der Waals surface area contributed by atoms with Crippen molar-refractivity contribution in [2.75, 3.05) is 0 Å². The van der Waals surface area contributed by atoms with E-state index in [9.17, 15) is 5.11 Å². The molecule has 5 heteroatoms. The standard InChI is InChI=1S/C15H13ClN2O2/c16-13-5-3-4-11(9-19)15(13)20-10-12-8-18-7-2-1-6-14(18)17-12/h1-8,19H,9-10H2. The summed E-state index contributed by atoms with van der Waals surface area (Å²) in [5, 5.41) is 9.78. The third-order valence-corrected chi connectivity index (χ3v) is 3.29. The molecular formula is C15H13ClN2O2. The van der Waals surface area contributed by atoms with Gasteiger partial charge in [-0.25, -0.2) is 4.98 Å². The number of aliphatic hydroxyl groups excluding tert-OH is 1. The molecule has 3 aromatic rings. The molecule has 1 N–H and O–H groups in total. The number of halogens is 1. The number of rotatable bonds is 4. The Morgan fingerprint density at radius 3 is 2.90 bits per heavy atom. The number of hydrogen-bond donors (Lipinski definition) is 1. The van der Waals surface area contributed by atoms with Crippen LogP contribution in [-0.2, 0) is 13.2 Å². The molecule has 0 amide bonds. The SMILES string of the molecule is OCc1cccc(Cl)c1OCc1cn2ccccc2n1. The van der Waals surface area contributed by atoms with Crippen LogP contribution in [0.2, 0.25) is 5.02 Å². The largest absolute Gasteiger partial charge is 0.485 e. The highest BCUT2D eigenvalue weighted by molar-refractivity contribution is 6.32. The van der Waals surface area contributed by atoms with E-state index in [2.05, 4.69) is 4.98 Å². The summed E-state index contributed by atoms with van der Waals surface area (Å²) in [6, 6.07) is 11.1. The van der Waals surface area contributed by atoms with Crippen molar-refractivity contribution in [2.45, 2.75) is 13.2 Å². The molecule has 0 saturated carbocycles. The second kappa shape index (κ2) is 5.53. The summed E-state index contributed by atoms with van der Waals surface area (Å²) in [6.07, 6.45) is 3.84. The number of imidazole rings is 1. The fourth-order valence-corrected chi connectivity index (χ4v) is 2.29. The van der Waals surface area contributed by atoms with Gasteiger partial charge >= 0.3 is 0 Å². The number of fused-ring (bicyclic) bond motifs is 1. The van der Waals surface area contributed by atoms with E-state index in [0.717, 1.165) is 11.3 Å². The summed E-state index contributed by atoms with van der Waals surface area (Å²) in [5.41, 5.74) is 2.34. The first kappa shape index (κ1) is 13.0. The van der Waals surface area contributed by atoms with E-state index in [-0.39, 0.29) is 6.61 Å². The van der Waals surface area contributed by atoms with Gasteiger partial charge < -0.3 is 14.2 Å². The second-order valence-electron chi connectivity index (χ2n) is 4.37. The number of aliphatic hydroxyl groups is 1. The van der Waals surface area contributed by atoms with Crippen molar-refractivity contribution >= 4 is 17.2 Å². The van der Waals surface area contributed by atoms with Crippen LogP contribution >= 0.6 is 11.6 Å². The lowest BCUT2D eigenvalue weighted by Crippen LogP contribution is -1.99. The summed E-state index contributed by atoms with van der Waals surface area (Å²) in [6.45, 7) is 0.194. The maximum absolute atomic E-state index is 9.30. The van der Waals surface area contributed by atoms with Crippen LogP contribution in [0.1, 0.15) is 11.3 Å². The molecule has 20 heavy (non-hydrogen) atoms. The lowest BCUT2D eigenvalue weighted by Gasteiger charge is -2.10. The summed E-state index contributed by atoms with van der Waals surface area (Å²) >= 11 is 6.09. The second-order valence-corrected chi connectivity index (χ2v) is 4.78. The lowest BCUT2D eigenvalue weighted by molar-refractivity contribution is 0.258. The molecule has 0 spiro atoms. The Morgan fingerprint density at radius 2 is 2.10 bits per heavy atom. The Balaban J connectivity index is 1.82. The molecule has 0 aliphatic carbocycles. The fourth-order valence-electron chi connectivity index (χ4n) is 2.04. The first-order valence-corrected chi connectivity index (χ1v) is 6.59. The van der Waals surface area contributed by atoms with Gasteiger partial charge in [0.15, 0.2) is 0 Å². The van der Waals surface area contributed by atoms with Crippen LogP contribution in [-0.4, -0.2) is 14.5 Å². The van der Waals surface area contributed by atoms with Gasteiger partial charge in [-0.3, -0.25) is 0 Å². The molecule has 3 rings (SSSR count). The highest BCUT2D eigenvalue weighted by atomic mass is 35.5. The average molecular weight is 289 g/mol. The molecule has 2 aromatic heterocycles. The predicted octanol–water partition coefficient (Wildman–Crippen LogP) is 3.06. The zero-order valence-electron chi connectivity index (χ0n) is 10.7. The van der Waals surface area contributed by atoms with Crippen molar-refractivity contribution < 1.29 is 9.84 Å². The first-order chi connectivity index (χ1) is 9.78. The summed E-state index contributed by atoms with van der Waals surface area (Å²) in [5.74, 6) is 0.508. The van der Waals surface area contributed by atoms with Crippen LogP contribution in [0.25, 0.3) is 5.65 Å². The van der Waals surface area contributed by atoms with Crippen molar-refractivity contribution in [1.29, 1.82) is 0 Å². The van der Waals surface area contributed by atoms with Crippen LogP contribution in [0.15, 0.2) is 48.8 Å². The van der Waals surface area contributed by atoms with E-state index in [4.69, 9.17) is 16.3 Å². The minimum Gasteiger partial charge on any atom is -0.485 e. The predicted molar refractivity (Wildman–Crippen MR) is 76.9 cm³/mol. The summed E-state index contributed by atoms with van der Waals surface area (Å²) in [7, 11) is 0. The molecule has 0 fully saturated rings. The van der Waals surface area contributed by atoms with Crippen LogP contribution < -0.4 is 4.74 Å². The zero-order chi connectivity index (χ0) is 13.9. The number of pyridine rings is 1. The van der Waals surface area contributed by atoms with Crippen molar-refractivity contribution in [3.05, 3.63) is 65.1 Å².